The third-order valence-electron chi connectivity index (χ3n) is 3.09. The van der Waals surface area contributed by atoms with E-state index in [2.05, 4.69) is 27.4 Å². The van der Waals surface area contributed by atoms with Gasteiger partial charge in [0.25, 0.3) is 0 Å². The van der Waals surface area contributed by atoms with Crippen molar-refractivity contribution in [2.45, 2.75) is 18.5 Å². The number of fused-ring (bicyclic) bond motifs is 1. The largest absolute Gasteiger partial charge is 0.335 e. The maximum atomic E-state index is 5.35. The third kappa shape index (κ3) is 1.96. The minimum absolute atomic E-state index is 0.496. The Morgan fingerprint density at radius 3 is 2.76 bits per heavy atom. The summed E-state index contributed by atoms with van der Waals surface area (Å²) in [5.41, 5.74) is 0.944. The Hall–Kier alpha value is -1.33. The molecule has 17 heavy (non-hydrogen) atoms. The molecule has 86 valence electrons. The lowest BCUT2D eigenvalue weighted by Crippen LogP contribution is -2.34. The van der Waals surface area contributed by atoms with Gasteiger partial charge in [-0.15, -0.1) is 0 Å². The second-order valence-corrected chi connectivity index (χ2v) is 4.92. The number of hydrogen-bond donors (Lipinski definition) is 1. The zero-order valence-electron chi connectivity index (χ0n) is 9.04. The van der Waals surface area contributed by atoms with Crippen LogP contribution in [0.3, 0.4) is 0 Å². The number of thiocarbonyl (C=S) groups is 2. The number of nitrogens with zero attached hydrogens (tertiary/aromatic N) is 2. The molecule has 5 heteroatoms. The Kier molecular flexibility index (Phi) is 2.64. The molecule has 3 rings (SSSR count). The molecule has 1 aromatic rings. The number of pyridine rings is 1. The highest BCUT2D eigenvalue weighted by Crippen LogP contribution is 2.37. The molecule has 0 radical (unpaired) electrons. The molecular formula is C12H11N3S2. The minimum Gasteiger partial charge on any atom is -0.335 e. The first kappa shape index (κ1) is 10.8. The quantitative estimate of drug-likeness (QED) is 0.471. The molecule has 0 saturated carbocycles. The van der Waals surface area contributed by atoms with Crippen molar-refractivity contribution in [2.24, 2.45) is 0 Å². The highest BCUT2D eigenvalue weighted by atomic mass is 32.1. The van der Waals surface area contributed by atoms with Gasteiger partial charge in [0.15, 0.2) is 5.11 Å². The summed E-state index contributed by atoms with van der Waals surface area (Å²) >= 11 is 10.7. The summed E-state index contributed by atoms with van der Waals surface area (Å²) in [5.74, 6) is 0. The molecule has 2 heterocycles. The van der Waals surface area contributed by atoms with Crippen LogP contribution in [0.25, 0.3) is 0 Å². The zero-order valence-corrected chi connectivity index (χ0v) is 10.7. The van der Waals surface area contributed by atoms with E-state index in [1.807, 2.05) is 12.1 Å². The maximum absolute atomic E-state index is 5.35. The van der Waals surface area contributed by atoms with Gasteiger partial charge in [0.05, 0.1) is 12.1 Å². The van der Waals surface area contributed by atoms with Crippen molar-refractivity contribution in [3.63, 3.8) is 0 Å². The van der Waals surface area contributed by atoms with Gasteiger partial charge in [-0.05, 0) is 30.8 Å². The summed E-state index contributed by atoms with van der Waals surface area (Å²) in [6.45, 7) is 0. The molecular weight excluding hydrogens is 250 g/mol. The van der Waals surface area contributed by atoms with Gasteiger partial charge < -0.3 is 10.2 Å². The Labute approximate surface area is 111 Å². The van der Waals surface area contributed by atoms with Crippen LogP contribution in [-0.2, 0) is 0 Å². The molecule has 2 unspecified atom stereocenters. The highest BCUT2D eigenvalue weighted by molar-refractivity contribution is 7.82. The smallest absolute Gasteiger partial charge is 0.174 e. The van der Waals surface area contributed by atoms with Gasteiger partial charge in [-0.3, -0.25) is 4.98 Å². The van der Waals surface area contributed by atoms with Crippen LogP contribution in [0, 0.1) is 0 Å². The Morgan fingerprint density at radius 2 is 2.12 bits per heavy atom. The average molecular weight is 261 g/mol. The molecule has 1 aromatic heterocycles. The average Bonchev–Trinajstić information content (AvgIpc) is 2.85. The summed E-state index contributed by atoms with van der Waals surface area (Å²) in [4.78, 5) is 6.80. The lowest BCUT2D eigenvalue weighted by molar-refractivity contribution is 0.703. The fourth-order valence-electron chi connectivity index (χ4n) is 2.15. The Bertz CT molecular complexity index is 498. The van der Waals surface area contributed by atoms with E-state index in [1.54, 1.807) is 12.4 Å². The molecule has 3 nitrogen and oxygen atoms in total. The van der Waals surface area contributed by atoms with Crippen LogP contribution in [0.15, 0.2) is 36.7 Å². The molecule has 1 aliphatic heterocycles. The lowest BCUT2D eigenvalue weighted by Gasteiger charge is -2.12. The van der Waals surface area contributed by atoms with E-state index in [0.29, 0.717) is 17.1 Å². The molecule has 2 atom stereocenters. The molecule has 0 bridgehead atoms. The van der Waals surface area contributed by atoms with E-state index in [9.17, 15) is 0 Å². The monoisotopic (exact) mass is 261 g/mol. The molecule has 1 aliphatic carbocycles. The van der Waals surface area contributed by atoms with E-state index in [4.69, 9.17) is 24.4 Å². The van der Waals surface area contributed by atoms with Crippen LogP contribution < -0.4 is 5.32 Å². The second kappa shape index (κ2) is 4.16. The predicted octanol–water partition coefficient (Wildman–Crippen LogP) is 1.64. The van der Waals surface area contributed by atoms with Gasteiger partial charge in [0, 0.05) is 18.0 Å². The van der Waals surface area contributed by atoms with E-state index in [0.717, 1.165) is 17.1 Å². The van der Waals surface area contributed by atoms with Crippen LogP contribution in [0.1, 0.15) is 12.0 Å². The number of aromatic nitrogens is 1. The van der Waals surface area contributed by atoms with Crippen molar-refractivity contribution in [1.82, 2.24) is 15.2 Å². The van der Waals surface area contributed by atoms with Crippen LogP contribution >= 0.6 is 24.4 Å². The van der Waals surface area contributed by atoms with Crippen molar-refractivity contribution in [2.75, 3.05) is 0 Å². The van der Waals surface area contributed by atoms with Crippen LogP contribution in [0.2, 0.25) is 0 Å². The SMILES string of the molecule is S=C(NC(=S)N1C2C=CCC21)c1ccncc1. The van der Waals surface area contributed by atoms with Gasteiger partial charge >= 0.3 is 0 Å². The molecule has 1 N–H and O–H groups in total. The van der Waals surface area contributed by atoms with E-state index in [1.165, 1.54) is 0 Å². The fraction of sp³-hybridized carbons (Fsp3) is 0.250. The number of rotatable bonds is 1. The van der Waals surface area contributed by atoms with Gasteiger partial charge in [-0.25, -0.2) is 0 Å². The van der Waals surface area contributed by atoms with Crippen LogP contribution in [0.5, 0.6) is 0 Å². The van der Waals surface area contributed by atoms with Gasteiger partial charge in [-0.2, -0.15) is 0 Å². The fourth-order valence-corrected chi connectivity index (χ4v) is 2.81. The standard InChI is InChI=1S/C12H11N3S2/c16-11(8-4-6-13-7-5-8)14-12(17)15-9-2-1-3-10(9)15/h1-2,4-7,9-10H,3H2,(H,14,16,17). The van der Waals surface area contributed by atoms with Crippen LogP contribution in [-0.4, -0.2) is 32.1 Å². The van der Waals surface area contributed by atoms with Crippen molar-refractivity contribution in [3.8, 4) is 0 Å². The first-order chi connectivity index (χ1) is 8.27. The minimum atomic E-state index is 0.496. The summed E-state index contributed by atoms with van der Waals surface area (Å²) < 4.78 is 0. The van der Waals surface area contributed by atoms with Gasteiger partial charge in [-0.1, -0.05) is 24.4 Å². The van der Waals surface area contributed by atoms with Gasteiger partial charge in [0.2, 0.25) is 0 Å². The number of hydrogen-bond acceptors (Lipinski definition) is 3. The molecule has 1 fully saturated rings. The molecule has 0 aromatic carbocycles. The van der Waals surface area contributed by atoms with Crippen molar-refractivity contribution in [1.29, 1.82) is 0 Å². The summed E-state index contributed by atoms with van der Waals surface area (Å²) in [6, 6.07) is 4.81. The number of nitrogens with one attached hydrogen (secondary N) is 1. The van der Waals surface area contributed by atoms with Gasteiger partial charge in [0.1, 0.15) is 4.99 Å². The Morgan fingerprint density at radius 1 is 1.35 bits per heavy atom. The highest BCUT2D eigenvalue weighted by Gasteiger charge is 2.49. The molecule has 2 aliphatic rings. The van der Waals surface area contributed by atoms with Crippen molar-refractivity contribution in [3.05, 3.63) is 42.2 Å². The first-order valence-corrected chi connectivity index (χ1v) is 6.29. The third-order valence-corrected chi connectivity index (χ3v) is 3.74. The van der Waals surface area contributed by atoms with E-state index < -0.39 is 0 Å². The van der Waals surface area contributed by atoms with Crippen LogP contribution in [0.4, 0.5) is 0 Å². The Balaban J connectivity index is 1.63. The van der Waals surface area contributed by atoms with E-state index in [-0.39, 0.29) is 0 Å². The van der Waals surface area contributed by atoms with E-state index >= 15 is 0 Å². The van der Waals surface area contributed by atoms with Crippen molar-refractivity contribution >= 4 is 34.5 Å². The lowest BCUT2D eigenvalue weighted by atomic mass is 10.3. The zero-order chi connectivity index (χ0) is 11.8. The molecule has 1 saturated heterocycles. The summed E-state index contributed by atoms with van der Waals surface area (Å²) in [7, 11) is 0. The summed E-state index contributed by atoms with van der Waals surface area (Å²) in [5, 5.41) is 3.84. The molecule has 0 amide bonds. The molecule has 0 spiro atoms. The topological polar surface area (TPSA) is 27.9 Å². The normalized spacial score (nSPS) is 24.4. The summed E-state index contributed by atoms with van der Waals surface area (Å²) in [6.07, 6.45) is 8.95. The van der Waals surface area contributed by atoms with Crippen molar-refractivity contribution < 1.29 is 0 Å². The second-order valence-electron chi connectivity index (χ2n) is 4.12. The maximum Gasteiger partial charge on any atom is 0.174 e. The predicted molar refractivity (Wildman–Crippen MR) is 74.8 cm³/mol. The first-order valence-electron chi connectivity index (χ1n) is 5.48.